The van der Waals surface area contributed by atoms with Gasteiger partial charge in [0.2, 0.25) is 5.76 Å². The van der Waals surface area contributed by atoms with Crippen LogP contribution in [0.1, 0.15) is 28.6 Å². The first kappa shape index (κ1) is 10.5. The summed E-state index contributed by atoms with van der Waals surface area (Å²) in [5.41, 5.74) is 0.837. The number of hydrogen-bond donors (Lipinski definition) is 0. The van der Waals surface area contributed by atoms with E-state index in [0.717, 1.165) is 5.56 Å². The Balaban J connectivity index is 3.20. The van der Waals surface area contributed by atoms with Crippen LogP contribution >= 0.6 is 0 Å². The third kappa shape index (κ3) is 2.02. The molecule has 1 heterocycles. The van der Waals surface area contributed by atoms with Gasteiger partial charge in [-0.1, -0.05) is 0 Å². The minimum atomic E-state index is -0.592. The van der Waals surface area contributed by atoms with Crippen LogP contribution in [0.15, 0.2) is 15.3 Å². The van der Waals surface area contributed by atoms with E-state index in [4.69, 9.17) is 9.15 Å². The first-order valence-electron chi connectivity index (χ1n) is 4.34. The van der Waals surface area contributed by atoms with Gasteiger partial charge in [0, 0.05) is 11.6 Å². The van der Waals surface area contributed by atoms with E-state index in [0.29, 0.717) is 5.56 Å². The van der Waals surface area contributed by atoms with E-state index < -0.39 is 11.6 Å². The zero-order chi connectivity index (χ0) is 10.7. The standard InChI is InChI=1S/C10H12O4/c1-4-13-10(12)9-7(3)6(2)5-8(11)14-9/h5H,4H2,1-3H3. The van der Waals surface area contributed by atoms with Gasteiger partial charge in [0.1, 0.15) is 0 Å². The normalized spacial score (nSPS) is 9.93. The number of carbonyl (C=O) groups excluding carboxylic acids is 1. The molecule has 0 radical (unpaired) electrons. The van der Waals surface area contributed by atoms with Gasteiger partial charge in [-0.05, 0) is 26.3 Å². The Labute approximate surface area is 81.5 Å². The third-order valence-electron chi connectivity index (χ3n) is 1.93. The van der Waals surface area contributed by atoms with Crippen molar-refractivity contribution in [2.45, 2.75) is 20.8 Å². The second kappa shape index (κ2) is 4.09. The first-order chi connectivity index (χ1) is 6.56. The molecule has 0 aliphatic carbocycles. The monoisotopic (exact) mass is 196 g/mol. The van der Waals surface area contributed by atoms with E-state index in [9.17, 15) is 9.59 Å². The maximum atomic E-state index is 11.3. The summed E-state index contributed by atoms with van der Waals surface area (Å²) in [5.74, 6) is -0.595. The molecule has 0 spiro atoms. The van der Waals surface area contributed by atoms with Crippen molar-refractivity contribution in [1.29, 1.82) is 0 Å². The lowest BCUT2D eigenvalue weighted by atomic mass is 10.1. The molecule has 14 heavy (non-hydrogen) atoms. The van der Waals surface area contributed by atoms with Crippen LogP contribution < -0.4 is 5.63 Å². The molecule has 4 heteroatoms. The molecule has 0 aliphatic rings. The summed E-state index contributed by atoms with van der Waals surface area (Å²) in [6, 6.07) is 1.35. The summed E-state index contributed by atoms with van der Waals surface area (Å²) in [6.45, 7) is 5.41. The van der Waals surface area contributed by atoms with E-state index >= 15 is 0 Å². The third-order valence-corrected chi connectivity index (χ3v) is 1.93. The lowest BCUT2D eigenvalue weighted by Crippen LogP contribution is -2.12. The maximum absolute atomic E-state index is 11.3. The maximum Gasteiger partial charge on any atom is 0.374 e. The van der Waals surface area contributed by atoms with Crippen LogP contribution in [0.25, 0.3) is 0 Å². The second-order valence-electron chi connectivity index (χ2n) is 2.92. The van der Waals surface area contributed by atoms with E-state index in [1.165, 1.54) is 6.07 Å². The fraction of sp³-hybridized carbons (Fsp3) is 0.400. The number of esters is 1. The summed E-state index contributed by atoms with van der Waals surface area (Å²) >= 11 is 0. The van der Waals surface area contributed by atoms with Crippen LogP contribution in [0.4, 0.5) is 0 Å². The molecule has 0 saturated heterocycles. The molecule has 0 aliphatic heterocycles. The van der Waals surface area contributed by atoms with E-state index in [1.54, 1.807) is 20.8 Å². The Morgan fingerprint density at radius 3 is 2.71 bits per heavy atom. The highest BCUT2D eigenvalue weighted by Gasteiger charge is 2.15. The van der Waals surface area contributed by atoms with Crippen LogP contribution in [0.2, 0.25) is 0 Å². The molecule has 1 aromatic heterocycles. The number of rotatable bonds is 2. The molecule has 0 bridgehead atoms. The van der Waals surface area contributed by atoms with Gasteiger partial charge in [-0.3, -0.25) is 0 Å². The molecule has 0 N–H and O–H groups in total. The fourth-order valence-electron chi connectivity index (χ4n) is 1.06. The van der Waals surface area contributed by atoms with Crippen molar-refractivity contribution in [2.24, 2.45) is 0 Å². The smallest absolute Gasteiger partial charge is 0.374 e. The summed E-state index contributed by atoms with van der Waals surface area (Å²) < 4.78 is 9.52. The highest BCUT2D eigenvalue weighted by atomic mass is 16.5. The van der Waals surface area contributed by atoms with Gasteiger partial charge in [-0.15, -0.1) is 0 Å². The highest BCUT2D eigenvalue weighted by molar-refractivity contribution is 5.87. The molecule has 0 aromatic carbocycles. The summed E-state index contributed by atoms with van der Waals surface area (Å²) in [7, 11) is 0. The molecule has 0 atom stereocenters. The fourth-order valence-corrected chi connectivity index (χ4v) is 1.06. The van der Waals surface area contributed by atoms with Crippen molar-refractivity contribution in [1.82, 2.24) is 0 Å². The zero-order valence-electron chi connectivity index (χ0n) is 8.42. The predicted molar refractivity (Wildman–Crippen MR) is 50.4 cm³/mol. The largest absolute Gasteiger partial charge is 0.460 e. The van der Waals surface area contributed by atoms with Crippen molar-refractivity contribution in [3.8, 4) is 0 Å². The van der Waals surface area contributed by atoms with E-state index in [1.807, 2.05) is 0 Å². The summed E-state index contributed by atoms with van der Waals surface area (Å²) in [4.78, 5) is 22.3. The minimum Gasteiger partial charge on any atom is -0.460 e. The minimum absolute atomic E-state index is 0.00292. The predicted octanol–water partition coefficient (Wildman–Crippen LogP) is 1.43. The van der Waals surface area contributed by atoms with Crippen molar-refractivity contribution >= 4 is 5.97 Å². The van der Waals surface area contributed by atoms with Crippen molar-refractivity contribution in [3.63, 3.8) is 0 Å². The molecule has 1 rings (SSSR count). The van der Waals surface area contributed by atoms with Gasteiger partial charge in [0.25, 0.3) is 0 Å². The van der Waals surface area contributed by atoms with Crippen molar-refractivity contribution < 1.29 is 13.9 Å². The molecule has 0 unspecified atom stereocenters. The summed E-state index contributed by atoms with van der Waals surface area (Å²) in [6.07, 6.45) is 0. The molecule has 1 aromatic rings. The van der Waals surface area contributed by atoms with Gasteiger partial charge >= 0.3 is 11.6 Å². The van der Waals surface area contributed by atoms with Crippen LogP contribution in [-0.2, 0) is 4.74 Å². The van der Waals surface area contributed by atoms with Gasteiger partial charge in [-0.25, -0.2) is 9.59 Å². The molecular formula is C10H12O4. The van der Waals surface area contributed by atoms with Crippen LogP contribution in [-0.4, -0.2) is 12.6 Å². The van der Waals surface area contributed by atoms with Gasteiger partial charge in [-0.2, -0.15) is 0 Å². The Hall–Kier alpha value is -1.58. The quantitative estimate of drug-likeness (QED) is 0.671. The molecule has 0 fully saturated rings. The molecule has 0 saturated carbocycles. The molecule has 0 amide bonds. The van der Waals surface area contributed by atoms with Gasteiger partial charge < -0.3 is 9.15 Å². The number of aryl methyl sites for hydroxylation is 1. The Kier molecular flexibility index (Phi) is 3.06. The average Bonchev–Trinajstić information content (AvgIpc) is 2.11. The van der Waals surface area contributed by atoms with Crippen molar-refractivity contribution in [3.05, 3.63) is 33.4 Å². The SMILES string of the molecule is CCOC(=O)c1oc(=O)cc(C)c1C. The lowest BCUT2D eigenvalue weighted by molar-refractivity contribution is 0.0483. The van der Waals surface area contributed by atoms with Crippen LogP contribution in [0.5, 0.6) is 0 Å². The van der Waals surface area contributed by atoms with E-state index in [-0.39, 0.29) is 12.4 Å². The van der Waals surface area contributed by atoms with Gasteiger partial charge in [0.05, 0.1) is 6.61 Å². The van der Waals surface area contributed by atoms with Crippen LogP contribution in [0, 0.1) is 13.8 Å². The second-order valence-corrected chi connectivity index (χ2v) is 2.92. The first-order valence-corrected chi connectivity index (χ1v) is 4.34. The lowest BCUT2D eigenvalue weighted by Gasteiger charge is -2.04. The molecule has 4 nitrogen and oxygen atoms in total. The molecular weight excluding hydrogens is 184 g/mol. The van der Waals surface area contributed by atoms with E-state index in [2.05, 4.69) is 0 Å². The van der Waals surface area contributed by atoms with Crippen molar-refractivity contribution in [2.75, 3.05) is 6.61 Å². The highest BCUT2D eigenvalue weighted by Crippen LogP contribution is 2.10. The number of carbonyl (C=O) groups is 1. The number of hydrogen-bond acceptors (Lipinski definition) is 4. The zero-order valence-corrected chi connectivity index (χ0v) is 8.42. The Morgan fingerprint density at radius 1 is 1.50 bits per heavy atom. The Bertz CT molecular complexity index is 403. The topological polar surface area (TPSA) is 56.5 Å². The molecule has 76 valence electrons. The van der Waals surface area contributed by atoms with Crippen LogP contribution in [0.3, 0.4) is 0 Å². The summed E-state index contributed by atoms with van der Waals surface area (Å²) in [5, 5.41) is 0. The van der Waals surface area contributed by atoms with Gasteiger partial charge in [0.15, 0.2) is 0 Å². The Morgan fingerprint density at radius 2 is 2.14 bits per heavy atom. The average molecular weight is 196 g/mol. The number of ether oxygens (including phenoxy) is 1.